The fourth-order valence-electron chi connectivity index (χ4n) is 4.14. The highest BCUT2D eigenvalue weighted by Gasteiger charge is 2.24. The van der Waals surface area contributed by atoms with Crippen molar-refractivity contribution < 1.29 is 9.32 Å². The van der Waals surface area contributed by atoms with E-state index in [2.05, 4.69) is 28.9 Å². The zero-order valence-corrected chi connectivity index (χ0v) is 18.9. The summed E-state index contributed by atoms with van der Waals surface area (Å²) in [7, 11) is 0. The van der Waals surface area contributed by atoms with Gasteiger partial charge in [0.2, 0.25) is 11.7 Å². The quantitative estimate of drug-likeness (QED) is 0.466. The minimum absolute atomic E-state index is 0.0718. The number of aromatic nitrogens is 3. The molecular weight excluding hydrogens is 414 g/mol. The second kappa shape index (κ2) is 9.03. The molecule has 0 atom stereocenters. The maximum atomic E-state index is 13.1. The number of piperazine rings is 1. The Morgan fingerprint density at radius 3 is 2.42 bits per heavy atom. The van der Waals surface area contributed by atoms with Crippen LogP contribution in [-0.4, -0.2) is 56.6 Å². The summed E-state index contributed by atoms with van der Waals surface area (Å²) in [5, 5.41) is 4.12. The Bertz CT molecular complexity index is 1240. The monoisotopic (exact) mass is 441 g/mol. The Labute approximate surface area is 193 Å². The lowest BCUT2D eigenvalue weighted by atomic mass is 10.1. The lowest BCUT2D eigenvalue weighted by molar-refractivity contribution is 0.0615. The van der Waals surface area contributed by atoms with E-state index >= 15 is 0 Å². The fourth-order valence-corrected chi connectivity index (χ4v) is 4.14. The molecule has 1 amide bonds. The molecule has 2 aromatic carbocycles. The maximum absolute atomic E-state index is 13.1. The number of rotatable bonds is 5. The van der Waals surface area contributed by atoms with E-state index in [9.17, 15) is 4.79 Å². The molecule has 1 aliphatic heterocycles. The predicted octanol–water partition coefficient (Wildman–Crippen LogP) is 4.10. The Morgan fingerprint density at radius 2 is 1.70 bits per heavy atom. The first-order chi connectivity index (χ1) is 16.1. The van der Waals surface area contributed by atoms with E-state index in [-0.39, 0.29) is 5.91 Å². The van der Waals surface area contributed by atoms with E-state index in [0.29, 0.717) is 31.3 Å². The molecule has 0 unspecified atom stereocenters. The number of aryl methyl sites for hydroxylation is 2. The number of hydrogen-bond donors (Lipinski definition) is 0. The Morgan fingerprint density at radius 1 is 0.970 bits per heavy atom. The first kappa shape index (κ1) is 21.2. The molecule has 7 nitrogen and oxygen atoms in total. The van der Waals surface area contributed by atoms with E-state index in [1.165, 1.54) is 5.56 Å². The van der Waals surface area contributed by atoms with Gasteiger partial charge in [-0.25, -0.2) is 0 Å². The van der Waals surface area contributed by atoms with E-state index in [0.717, 1.165) is 35.5 Å². The van der Waals surface area contributed by atoms with Crippen LogP contribution in [0.1, 0.15) is 27.4 Å². The SMILES string of the molecule is Cc1ccc(-c2noc(CN3CCN(C(=O)c4ccc(C)c(-n5cccc5)c4)CC3)n2)cc1. The molecular formula is C26H27N5O2. The van der Waals surface area contributed by atoms with E-state index in [4.69, 9.17) is 4.52 Å². The molecule has 4 aromatic rings. The third-order valence-corrected chi connectivity index (χ3v) is 6.13. The van der Waals surface area contributed by atoms with Gasteiger partial charge in [0.05, 0.1) is 6.54 Å². The number of amides is 1. The Balaban J connectivity index is 1.20. The van der Waals surface area contributed by atoms with Crippen LogP contribution in [0.5, 0.6) is 0 Å². The molecule has 33 heavy (non-hydrogen) atoms. The van der Waals surface area contributed by atoms with Crippen LogP contribution in [0.25, 0.3) is 17.1 Å². The van der Waals surface area contributed by atoms with Crippen LogP contribution in [0.2, 0.25) is 0 Å². The van der Waals surface area contributed by atoms with Crippen LogP contribution in [0.4, 0.5) is 0 Å². The Kier molecular flexibility index (Phi) is 5.79. The van der Waals surface area contributed by atoms with Crippen molar-refractivity contribution in [3.8, 4) is 17.1 Å². The van der Waals surface area contributed by atoms with E-state index < -0.39 is 0 Å². The van der Waals surface area contributed by atoms with Crippen LogP contribution < -0.4 is 0 Å². The van der Waals surface area contributed by atoms with Gasteiger partial charge in [0, 0.05) is 55.4 Å². The number of benzene rings is 2. The molecule has 5 rings (SSSR count). The number of carbonyl (C=O) groups is 1. The molecule has 0 saturated carbocycles. The van der Waals surface area contributed by atoms with Crippen molar-refractivity contribution in [1.29, 1.82) is 0 Å². The molecule has 168 valence electrons. The Hall–Kier alpha value is -3.71. The predicted molar refractivity (Wildman–Crippen MR) is 126 cm³/mol. The standard InChI is InChI=1S/C26H27N5O2/c1-19-5-8-21(9-6-19)25-27-24(33-28-25)18-29-13-15-31(16-14-29)26(32)22-10-7-20(2)23(17-22)30-11-3-4-12-30/h3-12,17H,13-16,18H2,1-2H3. The molecule has 0 bridgehead atoms. The summed E-state index contributed by atoms with van der Waals surface area (Å²) in [6, 6.07) is 18.0. The first-order valence-electron chi connectivity index (χ1n) is 11.2. The van der Waals surface area contributed by atoms with E-state index in [1.54, 1.807) is 0 Å². The summed E-state index contributed by atoms with van der Waals surface area (Å²) in [4.78, 5) is 21.9. The average molecular weight is 442 g/mol. The number of carbonyl (C=O) groups excluding carboxylic acids is 1. The van der Waals surface area contributed by atoms with Gasteiger partial charge < -0.3 is 14.0 Å². The van der Waals surface area contributed by atoms with Crippen molar-refractivity contribution in [2.24, 2.45) is 0 Å². The lowest BCUT2D eigenvalue weighted by Gasteiger charge is -2.34. The second-order valence-electron chi connectivity index (χ2n) is 8.54. The minimum Gasteiger partial charge on any atom is -0.338 e. The number of nitrogens with zero attached hydrogens (tertiary/aromatic N) is 5. The third-order valence-electron chi connectivity index (χ3n) is 6.13. The van der Waals surface area contributed by atoms with Gasteiger partial charge in [0.15, 0.2) is 0 Å². The summed E-state index contributed by atoms with van der Waals surface area (Å²) in [5.41, 5.74) is 5.03. The van der Waals surface area contributed by atoms with Crippen molar-refractivity contribution in [3.05, 3.63) is 89.6 Å². The molecule has 1 aliphatic rings. The zero-order valence-electron chi connectivity index (χ0n) is 18.9. The molecule has 0 spiro atoms. The summed E-state index contributed by atoms with van der Waals surface area (Å²) >= 11 is 0. The highest BCUT2D eigenvalue weighted by Crippen LogP contribution is 2.20. The van der Waals surface area contributed by atoms with Crippen molar-refractivity contribution in [2.45, 2.75) is 20.4 Å². The summed E-state index contributed by atoms with van der Waals surface area (Å²) in [5.74, 6) is 1.28. The molecule has 0 N–H and O–H groups in total. The molecule has 1 fully saturated rings. The van der Waals surface area contributed by atoms with Gasteiger partial charge in [0.25, 0.3) is 5.91 Å². The lowest BCUT2D eigenvalue weighted by Crippen LogP contribution is -2.48. The van der Waals surface area contributed by atoms with Crippen LogP contribution in [0, 0.1) is 13.8 Å². The highest BCUT2D eigenvalue weighted by atomic mass is 16.5. The second-order valence-corrected chi connectivity index (χ2v) is 8.54. The highest BCUT2D eigenvalue weighted by molar-refractivity contribution is 5.95. The molecule has 2 aromatic heterocycles. The smallest absolute Gasteiger partial charge is 0.254 e. The fraction of sp³-hybridized carbons (Fsp3) is 0.269. The average Bonchev–Trinajstić information content (AvgIpc) is 3.53. The van der Waals surface area contributed by atoms with Crippen molar-refractivity contribution in [2.75, 3.05) is 26.2 Å². The topological polar surface area (TPSA) is 67.4 Å². The minimum atomic E-state index is 0.0718. The summed E-state index contributed by atoms with van der Waals surface area (Å²) < 4.78 is 7.51. The van der Waals surface area contributed by atoms with Crippen LogP contribution in [-0.2, 0) is 6.54 Å². The van der Waals surface area contributed by atoms with Gasteiger partial charge in [-0.15, -0.1) is 0 Å². The molecule has 0 aliphatic carbocycles. The van der Waals surface area contributed by atoms with Crippen molar-refractivity contribution in [3.63, 3.8) is 0 Å². The third kappa shape index (κ3) is 4.59. The molecule has 1 saturated heterocycles. The van der Waals surface area contributed by atoms with Gasteiger partial charge in [-0.1, -0.05) is 41.1 Å². The van der Waals surface area contributed by atoms with Crippen molar-refractivity contribution in [1.82, 2.24) is 24.5 Å². The van der Waals surface area contributed by atoms with Gasteiger partial charge in [-0.3, -0.25) is 9.69 Å². The number of hydrogen-bond acceptors (Lipinski definition) is 5. The molecule has 0 radical (unpaired) electrons. The first-order valence-corrected chi connectivity index (χ1v) is 11.2. The molecule has 3 heterocycles. The van der Waals surface area contributed by atoms with Crippen LogP contribution >= 0.6 is 0 Å². The van der Waals surface area contributed by atoms with Crippen LogP contribution in [0.3, 0.4) is 0 Å². The normalized spacial score (nSPS) is 14.5. The van der Waals surface area contributed by atoms with Gasteiger partial charge in [-0.2, -0.15) is 4.98 Å². The van der Waals surface area contributed by atoms with E-state index in [1.807, 2.05) is 76.5 Å². The van der Waals surface area contributed by atoms with Gasteiger partial charge >= 0.3 is 0 Å². The van der Waals surface area contributed by atoms with Crippen LogP contribution in [0.15, 0.2) is 71.5 Å². The van der Waals surface area contributed by atoms with Gasteiger partial charge in [0.1, 0.15) is 0 Å². The maximum Gasteiger partial charge on any atom is 0.254 e. The zero-order chi connectivity index (χ0) is 22.8. The summed E-state index contributed by atoms with van der Waals surface area (Å²) in [6.07, 6.45) is 3.99. The summed E-state index contributed by atoms with van der Waals surface area (Å²) in [6.45, 7) is 7.58. The van der Waals surface area contributed by atoms with Crippen molar-refractivity contribution >= 4 is 5.91 Å². The molecule has 7 heteroatoms. The van der Waals surface area contributed by atoms with Gasteiger partial charge in [-0.05, 0) is 43.7 Å². The largest absolute Gasteiger partial charge is 0.338 e.